The lowest BCUT2D eigenvalue weighted by Crippen LogP contribution is -2.24. The molecule has 0 fully saturated rings. The number of aromatic nitrogens is 3. The van der Waals surface area contributed by atoms with Gasteiger partial charge in [-0.3, -0.25) is 4.79 Å². The molecule has 1 aliphatic heterocycles. The third kappa shape index (κ3) is 3.19. The Kier molecular flexibility index (Phi) is 4.63. The minimum Gasteiger partial charge on any atom is -0.497 e. The number of nitrogens with one attached hydrogen (secondary N) is 1. The number of ether oxygens (including phenoxy) is 2. The summed E-state index contributed by atoms with van der Waals surface area (Å²) in [5, 5.41) is 8.24. The van der Waals surface area contributed by atoms with Crippen LogP contribution in [0.25, 0.3) is 15.3 Å². The standard InChI is InChI=1S/C22H20N4O3S/c1-3-29-14-6-4-13(5-7-14)16-11-20(27)25-21-17(16)12-23-26(21)22-24-18-9-8-15(28-2)10-19(18)30-22/h4-10,12,16H,3,11H2,1-2H3,(H,25,27)/t16-/m0/s1. The number of anilines is 1. The lowest BCUT2D eigenvalue weighted by molar-refractivity contribution is -0.116. The second-order valence-electron chi connectivity index (χ2n) is 7.00. The number of hydrogen-bond donors (Lipinski definition) is 1. The topological polar surface area (TPSA) is 78.3 Å². The van der Waals surface area contributed by atoms with E-state index in [1.54, 1.807) is 11.8 Å². The Hall–Kier alpha value is -3.39. The molecule has 7 nitrogen and oxygen atoms in total. The fourth-order valence-corrected chi connectivity index (χ4v) is 4.69. The number of carbonyl (C=O) groups is 1. The summed E-state index contributed by atoms with van der Waals surface area (Å²) in [4.78, 5) is 17.2. The van der Waals surface area contributed by atoms with Gasteiger partial charge in [0, 0.05) is 17.9 Å². The molecule has 3 heterocycles. The van der Waals surface area contributed by atoms with Crippen molar-refractivity contribution in [2.75, 3.05) is 19.0 Å². The molecular weight excluding hydrogens is 400 g/mol. The van der Waals surface area contributed by atoms with E-state index in [1.165, 1.54) is 11.3 Å². The first-order valence-corrected chi connectivity index (χ1v) is 10.5. The van der Waals surface area contributed by atoms with Crippen molar-refractivity contribution >= 4 is 33.3 Å². The van der Waals surface area contributed by atoms with Crippen molar-refractivity contribution in [1.82, 2.24) is 14.8 Å². The fourth-order valence-electron chi connectivity index (χ4n) is 3.74. The van der Waals surface area contributed by atoms with Crippen molar-refractivity contribution < 1.29 is 14.3 Å². The molecule has 0 saturated carbocycles. The number of methoxy groups -OCH3 is 1. The molecule has 0 spiro atoms. The highest BCUT2D eigenvalue weighted by Gasteiger charge is 2.31. The number of nitrogens with zero attached hydrogens (tertiary/aromatic N) is 3. The summed E-state index contributed by atoms with van der Waals surface area (Å²) < 4.78 is 13.6. The predicted octanol–water partition coefficient (Wildman–Crippen LogP) is 4.36. The number of carbonyl (C=O) groups excluding carboxylic acids is 1. The van der Waals surface area contributed by atoms with Gasteiger partial charge in [-0.15, -0.1) is 0 Å². The van der Waals surface area contributed by atoms with Crippen molar-refractivity contribution in [2.24, 2.45) is 0 Å². The Bertz CT molecular complexity index is 1230. The van der Waals surface area contributed by atoms with E-state index in [4.69, 9.17) is 9.47 Å². The van der Waals surface area contributed by atoms with Crippen LogP contribution >= 0.6 is 11.3 Å². The van der Waals surface area contributed by atoms with E-state index in [0.717, 1.165) is 32.8 Å². The second kappa shape index (κ2) is 7.46. The average Bonchev–Trinajstić information content (AvgIpc) is 3.37. The number of thiazole rings is 1. The molecular formula is C22H20N4O3S. The summed E-state index contributed by atoms with van der Waals surface area (Å²) in [7, 11) is 1.64. The molecule has 2 aromatic heterocycles. The van der Waals surface area contributed by atoms with Gasteiger partial charge in [0.1, 0.15) is 17.3 Å². The molecule has 0 unspecified atom stereocenters. The van der Waals surface area contributed by atoms with Crippen molar-refractivity contribution in [3.05, 3.63) is 59.8 Å². The smallest absolute Gasteiger partial charge is 0.226 e. The summed E-state index contributed by atoms with van der Waals surface area (Å²) in [6.07, 6.45) is 2.20. The molecule has 1 aliphatic rings. The minimum absolute atomic E-state index is 0.0362. The van der Waals surface area contributed by atoms with E-state index >= 15 is 0 Å². The number of benzene rings is 2. The quantitative estimate of drug-likeness (QED) is 0.519. The SMILES string of the molecule is CCOc1ccc([C@@H]2CC(=O)Nc3c2cnn3-c2nc3ccc(OC)cc3s2)cc1. The van der Waals surface area contributed by atoms with Crippen LogP contribution in [0.5, 0.6) is 11.5 Å². The zero-order chi connectivity index (χ0) is 20.7. The first kappa shape index (κ1) is 18.6. The van der Waals surface area contributed by atoms with E-state index < -0.39 is 0 Å². The molecule has 152 valence electrons. The molecule has 0 bridgehead atoms. The maximum absolute atomic E-state index is 12.5. The molecule has 2 aromatic carbocycles. The molecule has 0 radical (unpaired) electrons. The molecule has 4 aromatic rings. The van der Waals surface area contributed by atoms with Crippen molar-refractivity contribution in [1.29, 1.82) is 0 Å². The van der Waals surface area contributed by atoms with Gasteiger partial charge in [-0.25, -0.2) is 4.98 Å². The van der Waals surface area contributed by atoms with Crippen LogP contribution in [0.4, 0.5) is 5.82 Å². The molecule has 1 N–H and O–H groups in total. The highest BCUT2D eigenvalue weighted by atomic mass is 32.1. The first-order chi connectivity index (χ1) is 14.7. The largest absolute Gasteiger partial charge is 0.497 e. The van der Waals surface area contributed by atoms with Crippen molar-refractivity contribution in [3.8, 4) is 16.6 Å². The average molecular weight is 420 g/mol. The molecule has 0 aliphatic carbocycles. The minimum atomic E-state index is -0.0624. The summed E-state index contributed by atoms with van der Waals surface area (Å²) >= 11 is 1.50. The van der Waals surface area contributed by atoms with E-state index in [2.05, 4.69) is 15.4 Å². The maximum atomic E-state index is 12.5. The lowest BCUT2D eigenvalue weighted by Gasteiger charge is -2.23. The van der Waals surface area contributed by atoms with Crippen LogP contribution in [-0.2, 0) is 4.79 Å². The van der Waals surface area contributed by atoms with E-state index in [0.29, 0.717) is 24.0 Å². The molecule has 0 saturated heterocycles. The van der Waals surface area contributed by atoms with E-state index in [9.17, 15) is 4.79 Å². The van der Waals surface area contributed by atoms with Gasteiger partial charge in [0.25, 0.3) is 0 Å². The van der Waals surface area contributed by atoms with Gasteiger partial charge >= 0.3 is 0 Å². The van der Waals surface area contributed by atoms with Crippen molar-refractivity contribution in [2.45, 2.75) is 19.3 Å². The fraction of sp³-hybridized carbons (Fsp3) is 0.227. The zero-order valence-corrected chi connectivity index (χ0v) is 17.4. The Labute approximate surface area is 177 Å². The van der Waals surface area contributed by atoms with Crippen LogP contribution in [-0.4, -0.2) is 34.4 Å². The molecule has 5 rings (SSSR count). The van der Waals surface area contributed by atoms with Gasteiger partial charge in [0.2, 0.25) is 11.0 Å². The van der Waals surface area contributed by atoms with Crippen LogP contribution in [0.3, 0.4) is 0 Å². The Balaban J connectivity index is 1.54. The van der Waals surface area contributed by atoms with Crippen LogP contribution < -0.4 is 14.8 Å². The van der Waals surface area contributed by atoms with Crippen LogP contribution in [0.1, 0.15) is 30.4 Å². The second-order valence-corrected chi connectivity index (χ2v) is 8.01. The normalized spacial score (nSPS) is 15.7. The van der Waals surface area contributed by atoms with Gasteiger partial charge in [0.15, 0.2) is 0 Å². The van der Waals surface area contributed by atoms with Gasteiger partial charge in [-0.2, -0.15) is 9.78 Å². The first-order valence-electron chi connectivity index (χ1n) is 9.71. The van der Waals surface area contributed by atoms with E-state index in [1.807, 2.05) is 55.6 Å². The van der Waals surface area contributed by atoms with Crippen molar-refractivity contribution in [3.63, 3.8) is 0 Å². The Morgan fingerprint density at radius 2 is 2.00 bits per heavy atom. The Morgan fingerprint density at radius 3 is 2.77 bits per heavy atom. The number of hydrogen-bond acceptors (Lipinski definition) is 6. The highest BCUT2D eigenvalue weighted by molar-refractivity contribution is 7.20. The van der Waals surface area contributed by atoms with E-state index in [-0.39, 0.29) is 11.8 Å². The molecule has 30 heavy (non-hydrogen) atoms. The summed E-state index contributed by atoms with van der Waals surface area (Å²) in [5.74, 6) is 2.18. The number of fused-ring (bicyclic) bond motifs is 2. The zero-order valence-electron chi connectivity index (χ0n) is 16.6. The maximum Gasteiger partial charge on any atom is 0.226 e. The van der Waals surface area contributed by atoms with Gasteiger partial charge in [-0.1, -0.05) is 23.5 Å². The Morgan fingerprint density at radius 1 is 1.20 bits per heavy atom. The molecule has 1 atom stereocenters. The number of rotatable bonds is 5. The van der Waals surface area contributed by atoms with Gasteiger partial charge < -0.3 is 14.8 Å². The van der Waals surface area contributed by atoms with Crippen LogP contribution in [0.2, 0.25) is 0 Å². The third-order valence-corrected chi connectivity index (χ3v) is 6.17. The van der Waals surface area contributed by atoms with Gasteiger partial charge in [-0.05, 0) is 42.8 Å². The summed E-state index contributed by atoms with van der Waals surface area (Å²) in [6.45, 7) is 2.58. The van der Waals surface area contributed by atoms with Crippen LogP contribution in [0, 0.1) is 0 Å². The number of amides is 1. The third-order valence-electron chi connectivity index (χ3n) is 5.18. The lowest BCUT2D eigenvalue weighted by atomic mass is 9.87. The molecule has 8 heteroatoms. The predicted molar refractivity (Wildman–Crippen MR) is 116 cm³/mol. The monoisotopic (exact) mass is 420 g/mol. The van der Waals surface area contributed by atoms with Crippen LogP contribution in [0.15, 0.2) is 48.7 Å². The summed E-state index contributed by atoms with van der Waals surface area (Å²) in [5.41, 5.74) is 2.91. The molecule has 1 amide bonds. The van der Waals surface area contributed by atoms with Gasteiger partial charge in [0.05, 0.1) is 30.1 Å². The highest BCUT2D eigenvalue weighted by Crippen LogP contribution is 2.39. The summed E-state index contributed by atoms with van der Waals surface area (Å²) in [6, 6.07) is 13.7.